The number of hydrogen-bond donors (Lipinski definition) is 2. The molecule has 1 heterocycles. The average Bonchev–Trinajstić information content (AvgIpc) is 2.44. The van der Waals surface area contributed by atoms with Crippen LogP contribution in [0.1, 0.15) is 22.8 Å². The minimum Gasteiger partial charge on any atom is -0.349 e. The lowest BCUT2D eigenvalue weighted by Gasteiger charge is -2.14. The number of carbonyl (C=O) groups excluding carboxylic acids is 1. The summed E-state index contributed by atoms with van der Waals surface area (Å²) in [6.07, 6.45) is 2.03. The third kappa shape index (κ3) is 4.34. The van der Waals surface area contributed by atoms with Gasteiger partial charge in [-0.1, -0.05) is 35.3 Å². The van der Waals surface area contributed by atoms with Crippen LogP contribution in [0.15, 0.2) is 41.3 Å². The van der Waals surface area contributed by atoms with Crippen molar-refractivity contribution >= 4 is 29.1 Å². The number of pyridine rings is 1. The summed E-state index contributed by atoms with van der Waals surface area (Å²) >= 11 is 11.5. The molecule has 1 aromatic heterocycles. The Kier molecular flexibility index (Phi) is 5.04. The first-order valence-electron chi connectivity index (χ1n) is 6.39. The topological polar surface area (TPSA) is 62.0 Å². The Morgan fingerprint density at radius 3 is 2.57 bits per heavy atom. The second-order valence-electron chi connectivity index (χ2n) is 4.77. The van der Waals surface area contributed by atoms with Gasteiger partial charge in [0.2, 0.25) is 0 Å². The largest absolute Gasteiger partial charge is 0.349 e. The molecule has 0 unspecified atom stereocenters. The van der Waals surface area contributed by atoms with E-state index < -0.39 is 5.56 Å². The zero-order chi connectivity index (χ0) is 15.4. The molecule has 21 heavy (non-hydrogen) atoms. The van der Waals surface area contributed by atoms with Crippen molar-refractivity contribution in [3.8, 4) is 0 Å². The van der Waals surface area contributed by atoms with Crippen LogP contribution in [-0.4, -0.2) is 16.9 Å². The van der Waals surface area contributed by atoms with Crippen molar-refractivity contribution in [2.24, 2.45) is 0 Å². The molecule has 0 saturated heterocycles. The number of hydrogen-bond acceptors (Lipinski definition) is 2. The maximum absolute atomic E-state index is 12.1. The Bertz CT molecular complexity index is 696. The van der Waals surface area contributed by atoms with Gasteiger partial charge >= 0.3 is 0 Å². The summed E-state index contributed by atoms with van der Waals surface area (Å²) < 4.78 is 0. The fourth-order valence-corrected chi connectivity index (χ4v) is 2.22. The molecule has 2 rings (SSSR count). The van der Waals surface area contributed by atoms with Gasteiger partial charge in [0, 0.05) is 17.3 Å². The van der Waals surface area contributed by atoms with Gasteiger partial charge in [0.05, 0.1) is 5.56 Å². The maximum atomic E-state index is 12.1. The molecule has 0 aliphatic heterocycles. The summed E-state index contributed by atoms with van der Waals surface area (Å²) in [6, 6.07) is 8.75. The fraction of sp³-hybridized carbons (Fsp3) is 0.200. The van der Waals surface area contributed by atoms with Gasteiger partial charge in [0.1, 0.15) is 5.02 Å². The molecule has 2 N–H and O–H groups in total. The van der Waals surface area contributed by atoms with E-state index in [0.717, 1.165) is 5.56 Å². The molecule has 6 heteroatoms. The summed E-state index contributed by atoms with van der Waals surface area (Å²) in [5.74, 6) is -0.283. The van der Waals surface area contributed by atoms with Crippen LogP contribution in [0, 0.1) is 0 Å². The lowest BCUT2D eigenvalue weighted by atomic mass is 10.1. The Hall–Kier alpha value is -1.78. The highest BCUT2D eigenvalue weighted by atomic mass is 35.5. The fourth-order valence-electron chi connectivity index (χ4n) is 1.92. The summed E-state index contributed by atoms with van der Waals surface area (Å²) in [6.45, 7) is 1.90. The molecule has 0 spiro atoms. The number of aromatic amines is 1. The Balaban J connectivity index is 1.99. The zero-order valence-corrected chi connectivity index (χ0v) is 12.8. The van der Waals surface area contributed by atoms with Crippen LogP contribution in [0.5, 0.6) is 0 Å². The first-order chi connectivity index (χ1) is 9.95. The van der Waals surface area contributed by atoms with Crippen LogP contribution >= 0.6 is 23.2 Å². The van der Waals surface area contributed by atoms with Crippen LogP contribution in [-0.2, 0) is 6.42 Å². The summed E-state index contributed by atoms with van der Waals surface area (Å²) in [5, 5.41) is 3.53. The summed E-state index contributed by atoms with van der Waals surface area (Å²) in [5.41, 5.74) is 0.983. The molecule has 1 amide bonds. The van der Waals surface area contributed by atoms with Gasteiger partial charge in [-0.15, -0.1) is 0 Å². The smallest absolute Gasteiger partial charge is 0.266 e. The van der Waals surface area contributed by atoms with E-state index in [-0.39, 0.29) is 17.0 Å². The Labute approximate surface area is 132 Å². The molecule has 0 saturated carbocycles. The van der Waals surface area contributed by atoms with Gasteiger partial charge in [-0.05, 0) is 37.1 Å². The predicted molar refractivity (Wildman–Crippen MR) is 84.2 cm³/mol. The second kappa shape index (κ2) is 6.78. The van der Waals surface area contributed by atoms with Gasteiger partial charge in [0.25, 0.3) is 11.5 Å². The minimum absolute atomic E-state index is 0.00648. The lowest BCUT2D eigenvalue weighted by Crippen LogP contribution is -2.34. The van der Waals surface area contributed by atoms with Crippen molar-refractivity contribution in [1.82, 2.24) is 10.3 Å². The summed E-state index contributed by atoms with van der Waals surface area (Å²) in [7, 11) is 0. The van der Waals surface area contributed by atoms with Crippen molar-refractivity contribution < 1.29 is 4.79 Å². The number of benzene rings is 1. The maximum Gasteiger partial charge on any atom is 0.266 e. The van der Waals surface area contributed by atoms with Crippen LogP contribution < -0.4 is 10.9 Å². The van der Waals surface area contributed by atoms with Gasteiger partial charge in [0.15, 0.2) is 0 Å². The average molecular weight is 325 g/mol. The van der Waals surface area contributed by atoms with Gasteiger partial charge in [-0.3, -0.25) is 9.59 Å². The van der Waals surface area contributed by atoms with E-state index in [1.165, 1.54) is 12.3 Å². The second-order valence-corrected chi connectivity index (χ2v) is 5.61. The molecule has 0 radical (unpaired) electrons. The molecule has 0 bridgehead atoms. The SMILES string of the molecule is C[C@@H](Cc1ccc(Cl)cc1)NC(=O)c1c[nH]c(=O)c(Cl)c1. The molecule has 0 aliphatic carbocycles. The van der Waals surface area contributed by atoms with E-state index in [0.29, 0.717) is 17.0 Å². The Morgan fingerprint density at radius 1 is 1.29 bits per heavy atom. The number of aromatic nitrogens is 1. The molecular weight excluding hydrogens is 311 g/mol. The number of amides is 1. The van der Waals surface area contributed by atoms with Crippen LogP contribution in [0.3, 0.4) is 0 Å². The molecule has 0 fully saturated rings. The van der Waals surface area contributed by atoms with Crippen molar-refractivity contribution in [3.63, 3.8) is 0 Å². The normalized spacial score (nSPS) is 12.0. The standard InChI is InChI=1S/C15H14Cl2N2O2/c1-9(6-10-2-4-12(16)5-3-10)19-14(20)11-7-13(17)15(21)18-8-11/h2-5,7-9H,6H2,1H3,(H,18,21)(H,19,20)/t9-/m0/s1. The first-order valence-corrected chi connectivity index (χ1v) is 7.15. The van der Waals surface area contributed by atoms with Crippen LogP contribution in [0.25, 0.3) is 0 Å². The van der Waals surface area contributed by atoms with E-state index in [1.807, 2.05) is 31.2 Å². The third-order valence-corrected chi connectivity index (χ3v) is 3.49. The van der Waals surface area contributed by atoms with Crippen molar-refractivity contribution in [3.05, 3.63) is 68.1 Å². The van der Waals surface area contributed by atoms with E-state index >= 15 is 0 Å². The Morgan fingerprint density at radius 2 is 1.95 bits per heavy atom. The molecule has 1 atom stereocenters. The van der Waals surface area contributed by atoms with E-state index in [2.05, 4.69) is 10.3 Å². The summed E-state index contributed by atoms with van der Waals surface area (Å²) in [4.78, 5) is 25.6. The quantitative estimate of drug-likeness (QED) is 0.908. The van der Waals surface area contributed by atoms with E-state index in [1.54, 1.807) is 0 Å². The van der Waals surface area contributed by atoms with Crippen LogP contribution in [0.2, 0.25) is 10.0 Å². The molecule has 1 aromatic carbocycles. The predicted octanol–water partition coefficient (Wildman–Crippen LogP) is 3.04. The van der Waals surface area contributed by atoms with Crippen molar-refractivity contribution in [2.75, 3.05) is 0 Å². The molecular formula is C15H14Cl2N2O2. The first kappa shape index (κ1) is 15.6. The highest BCUT2D eigenvalue weighted by molar-refractivity contribution is 6.30. The molecule has 110 valence electrons. The minimum atomic E-state index is -0.414. The van der Waals surface area contributed by atoms with Crippen molar-refractivity contribution in [1.29, 1.82) is 0 Å². The third-order valence-electron chi connectivity index (χ3n) is 2.95. The van der Waals surface area contributed by atoms with Gasteiger partial charge in [-0.25, -0.2) is 0 Å². The molecule has 2 aromatic rings. The monoisotopic (exact) mass is 324 g/mol. The van der Waals surface area contributed by atoms with Crippen molar-refractivity contribution in [2.45, 2.75) is 19.4 Å². The van der Waals surface area contributed by atoms with Gasteiger partial charge in [-0.2, -0.15) is 0 Å². The van der Waals surface area contributed by atoms with E-state index in [9.17, 15) is 9.59 Å². The number of halogens is 2. The zero-order valence-electron chi connectivity index (χ0n) is 11.3. The van der Waals surface area contributed by atoms with Gasteiger partial charge < -0.3 is 10.3 Å². The van der Waals surface area contributed by atoms with Crippen LogP contribution in [0.4, 0.5) is 0 Å². The number of nitrogens with one attached hydrogen (secondary N) is 2. The lowest BCUT2D eigenvalue weighted by molar-refractivity contribution is 0.0939. The molecule has 0 aliphatic rings. The number of H-pyrrole nitrogens is 1. The number of carbonyl (C=O) groups is 1. The highest BCUT2D eigenvalue weighted by Crippen LogP contribution is 2.11. The van der Waals surface area contributed by atoms with E-state index in [4.69, 9.17) is 23.2 Å². The number of rotatable bonds is 4. The highest BCUT2D eigenvalue weighted by Gasteiger charge is 2.12. The molecule has 4 nitrogen and oxygen atoms in total.